The third kappa shape index (κ3) is 4.53. The Morgan fingerprint density at radius 3 is 2.70 bits per heavy atom. The van der Waals surface area contributed by atoms with Gasteiger partial charge in [-0.15, -0.1) is 0 Å². The number of nitrogens with zero attached hydrogens (tertiary/aromatic N) is 6. The van der Waals surface area contributed by atoms with Gasteiger partial charge in [-0.2, -0.15) is 22.1 Å². The van der Waals surface area contributed by atoms with E-state index in [9.17, 15) is 8.42 Å². The van der Waals surface area contributed by atoms with Crippen LogP contribution >= 0.6 is 0 Å². The summed E-state index contributed by atoms with van der Waals surface area (Å²) in [4.78, 5) is 9.07. The lowest BCUT2D eigenvalue weighted by atomic mass is 9.95. The molecule has 9 heteroatoms. The van der Waals surface area contributed by atoms with E-state index in [4.69, 9.17) is 4.98 Å². The van der Waals surface area contributed by atoms with Gasteiger partial charge in [0.25, 0.3) is 10.2 Å². The molecule has 1 saturated heterocycles. The lowest BCUT2D eigenvalue weighted by Gasteiger charge is -2.33. The molecule has 1 unspecified atom stereocenters. The van der Waals surface area contributed by atoms with Gasteiger partial charge in [0.2, 0.25) is 0 Å². The Morgan fingerprint density at radius 1 is 1.26 bits per heavy atom. The first-order valence-electron chi connectivity index (χ1n) is 9.30. The average Bonchev–Trinajstić information content (AvgIpc) is 3.12. The molecule has 27 heavy (non-hydrogen) atoms. The molecule has 148 valence electrons. The second kappa shape index (κ2) is 8.04. The quantitative estimate of drug-likeness (QED) is 0.750. The van der Waals surface area contributed by atoms with Crippen molar-refractivity contribution in [3.8, 4) is 11.3 Å². The Morgan fingerprint density at radius 2 is 2.04 bits per heavy atom. The molecular weight excluding hydrogens is 364 g/mol. The fourth-order valence-electron chi connectivity index (χ4n) is 3.33. The van der Waals surface area contributed by atoms with Crippen molar-refractivity contribution in [1.82, 2.24) is 28.4 Å². The van der Waals surface area contributed by atoms with Crippen LogP contribution in [-0.2, 0) is 16.6 Å². The molecule has 0 saturated carbocycles. The number of aromatic nitrogens is 4. The summed E-state index contributed by atoms with van der Waals surface area (Å²) in [5, 5.41) is 4.36. The first-order valence-corrected chi connectivity index (χ1v) is 10.7. The van der Waals surface area contributed by atoms with Gasteiger partial charge >= 0.3 is 0 Å². The third-order valence-corrected chi connectivity index (χ3v) is 6.79. The number of hydrogen-bond donors (Lipinski definition) is 0. The van der Waals surface area contributed by atoms with Gasteiger partial charge in [0, 0.05) is 51.2 Å². The van der Waals surface area contributed by atoms with Crippen molar-refractivity contribution in [1.29, 1.82) is 0 Å². The first-order chi connectivity index (χ1) is 12.8. The van der Waals surface area contributed by atoms with Gasteiger partial charge in [-0.1, -0.05) is 0 Å². The molecule has 0 spiro atoms. The maximum Gasteiger partial charge on any atom is 0.281 e. The van der Waals surface area contributed by atoms with Crippen molar-refractivity contribution in [2.24, 2.45) is 5.92 Å². The Labute approximate surface area is 161 Å². The molecular formula is C18H28N6O2S. The Kier molecular flexibility index (Phi) is 5.92. The van der Waals surface area contributed by atoms with Gasteiger partial charge in [-0.3, -0.25) is 9.67 Å². The molecule has 0 aromatic carbocycles. The molecule has 2 aromatic heterocycles. The molecule has 1 aliphatic heterocycles. The summed E-state index contributed by atoms with van der Waals surface area (Å²) in [6, 6.07) is 0.293. The van der Waals surface area contributed by atoms with E-state index >= 15 is 0 Å². The van der Waals surface area contributed by atoms with E-state index in [2.05, 4.69) is 23.9 Å². The Balaban J connectivity index is 1.72. The molecule has 2 aromatic rings. The SMILES string of the molecule is CC(C)n1cc(-c2cncc(CC3CCCN(S(=O)(=O)N(C)C)C3)n2)cn1. The van der Waals surface area contributed by atoms with Gasteiger partial charge in [-0.25, -0.2) is 4.98 Å². The average molecular weight is 393 g/mol. The fourth-order valence-corrected chi connectivity index (χ4v) is 4.55. The zero-order valence-electron chi connectivity index (χ0n) is 16.4. The highest BCUT2D eigenvalue weighted by molar-refractivity contribution is 7.86. The maximum absolute atomic E-state index is 12.4. The van der Waals surface area contributed by atoms with Gasteiger partial charge in [0.15, 0.2) is 0 Å². The lowest BCUT2D eigenvalue weighted by molar-refractivity contribution is 0.253. The fraction of sp³-hybridized carbons (Fsp3) is 0.611. The van der Waals surface area contributed by atoms with E-state index in [-0.39, 0.29) is 5.92 Å². The highest BCUT2D eigenvalue weighted by Crippen LogP contribution is 2.24. The minimum Gasteiger partial charge on any atom is -0.270 e. The summed E-state index contributed by atoms with van der Waals surface area (Å²) in [5.74, 6) is 0.247. The third-order valence-electron chi connectivity index (χ3n) is 4.88. The second-order valence-electron chi connectivity index (χ2n) is 7.56. The normalized spacial score (nSPS) is 19.1. The summed E-state index contributed by atoms with van der Waals surface area (Å²) in [5.41, 5.74) is 2.63. The Bertz CT molecular complexity index is 877. The molecule has 8 nitrogen and oxygen atoms in total. The van der Waals surface area contributed by atoms with Crippen LogP contribution in [0.3, 0.4) is 0 Å². The summed E-state index contributed by atoms with van der Waals surface area (Å²) in [7, 11) is -0.213. The van der Waals surface area contributed by atoms with E-state index in [1.54, 1.807) is 37.0 Å². The van der Waals surface area contributed by atoms with Crippen LogP contribution in [-0.4, -0.2) is 64.0 Å². The van der Waals surface area contributed by atoms with E-state index < -0.39 is 10.2 Å². The van der Waals surface area contributed by atoms with Crippen molar-refractivity contribution in [3.05, 3.63) is 30.5 Å². The number of rotatable bonds is 6. The highest BCUT2D eigenvalue weighted by Gasteiger charge is 2.30. The predicted molar refractivity (Wildman–Crippen MR) is 104 cm³/mol. The minimum absolute atomic E-state index is 0.247. The van der Waals surface area contributed by atoms with Crippen LogP contribution in [0.25, 0.3) is 11.3 Å². The van der Waals surface area contributed by atoms with E-state index in [0.717, 1.165) is 36.2 Å². The first kappa shape index (κ1) is 19.9. The van der Waals surface area contributed by atoms with Crippen molar-refractivity contribution < 1.29 is 8.42 Å². The smallest absolute Gasteiger partial charge is 0.270 e. The van der Waals surface area contributed by atoms with Crippen LogP contribution in [0.5, 0.6) is 0 Å². The molecule has 3 heterocycles. The lowest BCUT2D eigenvalue weighted by Crippen LogP contribution is -2.45. The molecule has 1 atom stereocenters. The maximum atomic E-state index is 12.4. The molecule has 0 amide bonds. The van der Waals surface area contributed by atoms with Crippen LogP contribution in [0.2, 0.25) is 0 Å². The monoisotopic (exact) mass is 392 g/mol. The van der Waals surface area contributed by atoms with Gasteiger partial charge in [0.05, 0.1) is 23.8 Å². The zero-order valence-corrected chi connectivity index (χ0v) is 17.2. The molecule has 3 rings (SSSR count). The van der Waals surface area contributed by atoms with Crippen LogP contribution in [0, 0.1) is 5.92 Å². The van der Waals surface area contributed by atoms with Gasteiger partial charge in [-0.05, 0) is 39.0 Å². The summed E-state index contributed by atoms with van der Waals surface area (Å²) in [6.07, 6.45) is 9.89. The molecule has 0 bridgehead atoms. The van der Waals surface area contributed by atoms with Crippen LogP contribution in [0.15, 0.2) is 24.8 Å². The standard InChI is InChI=1S/C18H28N6O2S/c1-14(2)24-13-16(9-20-24)18-11-19-10-17(21-18)8-15-6-5-7-23(12-15)27(25,26)22(3)4/h9-11,13-15H,5-8,12H2,1-4H3. The molecule has 1 aliphatic rings. The zero-order chi connectivity index (χ0) is 19.6. The minimum atomic E-state index is -3.36. The summed E-state index contributed by atoms with van der Waals surface area (Å²) >= 11 is 0. The van der Waals surface area contributed by atoms with Crippen LogP contribution in [0.1, 0.15) is 38.4 Å². The predicted octanol–water partition coefficient (Wildman–Crippen LogP) is 1.98. The molecule has 0 N–H and O–H groups in total. The Hall–Kier alpha value is -1.84. The molecule has 0 aliphatic carbocycles. The van der Waals surface area contributed by atoms with Gasteiger partial charge < -0.3 is 0 Å². The van der Waals surface area contributed by atoms with Crippen molar-refractivity contribution in [2.75, 3.05) is 27.2 Å². The second-order valence-corrected chi connectivity index (χ2v) is 9.70. The van der Waals surface area contributed by atoms with Crippen LogP contribution < -0.4 is 0 Å². The van der Waals surface area contributed by atoms with E-state index in [1.165, 1.54) is 4.31 Å². The summed E-state index contributed by atoms with van der Waals surface area (Å²) < 4.78 is 29.5. The van der Waals surface area contributed by atoms with Crippen molar-refractivity contribution in [2.45, 2.75) is 39.2 Å². The van der Waals surface area contributed by atoms with Crippen LogP contribution in [0.4, 0.5) is 0 Å². The van der Waals surface area contributed by atoms with E-state index in [0.29, 0.717) is 19.1 Å². The topological polar surface area (TPSA) is 84.2 Å². The van der Waals surface area contributed by atoms with Crippen molar-refractivity contribution >= 4 is 10.2 Å². The molecule has 0 radical (unpaired) electrons. The number of hydrogen-bond acceptors (Lipinski definition) is 5. The highest BCUT2D eigenvalue weighted by atomic mass is 32.2. The van der Waals surface area contributed by atoms with Crippen molar-refractivity contribution in [3.63, 3.8) is 0 Å². The van der Waals surface area contributed by atoms with E-state index in [1.807, 2.05) is 10.9 Å². The van der Waals surface area contributed by atoms with Gasteiger partial charge in [0.1, 0.15) is 0 Å². The molecule has 1 fully saturated rings. The number of piperidine rings is 1. The largest absolute Gasteiger partial charge is 0.281 e. The summed E-state index contributed by atoms with van der Waals surface area (Å²) in [6.45, 7) is 5.26.